The zero-order chi connectivity index (χ0) is 22.2. The SMILES string of the molecule is NC1CCOC(C2CCCN(Cc3cccc4c3CN(C3CCC(=O)NC3=O)C4=O)C2)C1. The number of hydrogen-bond donors (Lipinski definition) is 2. The van der Waals surface area contributed by atoms with E-state index in [-0.39, 0.29) is 36.3 Å². The fraction of sp³-hybridized carbons (Fsp3) is 0.625. The van der Waals surface area contributed by atoms with E-state index in [0.717, 1.165) is 56.6 Å². The maximum Gasteiger partial charge on any atom is 0.255 e. The summed E-state index contributed by atoms with van der Waals surface area (Å²) in [6.45, 7) is 3.98. The van der Waals surface area contributed by atoms with Crippen molar-refractivity contribution in [2.75, 3.05) is 19.7 Å². The zero-order valence-electron chi connectivity index (χ0n) is 18.4. The summed E-state index contributed by atoms with van der Waals surface area (Å²) in [6, 6.07) is 5.54. The molecule has 3 fully saturated rings. The second kappa shape index (κ2) is 8.92. The van der Waals surface area contributed by atoms with Crippen LogP contribution < -0.4 is 11.1 Å². The summed E-state index contributed by atoms with van der Waals surface area (Å²) in [7, 11) is 0. The number of imide groups is 1. The number of nitrogens with one attached hydrogen (secondary N) is 1. The number of benzene rings is 1. The van der Waals surface area contributed by atoms with Crippen LogP contribution in [0, 0.1) is 5.92 Å². The number of fused-ring (bicyclic) bond motifs is 1. The normalized spacial score (nSPS) is 31.5. The van der Waals surface area contributed by atoms with Crippen molar-refractivity contribution in [2.24, 2.45) is 11.7 Å². The van der Waals surface area contributed by atoms with Gasteiger partial charge < -0.3 is 15.4 Å². The van der Waals surface area contributed by atoms with E-state index in [4.69, 9.17) is 10.5 Å². The van der Waals surface area contributed by atoms with E-state index in [1.165, 1.54) is 6.42 Å². The van der Waals surface area contributed by atoms with Crippen LogP contribution in [0.4, 0.5) is 0 Å². The van der Waals surface area contributed by atoms with Crippen LogP contribution in [-0.4, -0.2) is 65.4 Å². The predicted octanol–water partition coefficient (Wildman–Crippen LogP) is 1.17. The Bertz CT molecular complexity index is 919. The maximum atomic E-state index is 13.1. The highest BCUT2D eigenvalue weighted by Crippen LogP contribution is 2.32. The lowest BCUT2D eigenvalue weighted by Gasteiger charge is -2.39. The van der Waals surface area contributed by atoms with Crippen LogP contribution in [0.25, 0.3) is 0 Å². The van der Waals surface area contributed by atoms with E-state index in [1.807, 2.05) is 12.1 Å². The van der Waals surface area contributed by atoms with Gasteiger partial charge in [-0.25, -0.2) is 0 Å². The Labute approximate surface area is 188 Å². The molecule has 4 aliphatic rings. The first-order chi connectivity index (χ1) is 15.5. The number of amides is 3. The molecule has 4 atom stereocenters. The summed E-state index contributed by atoms with van der Waals surface area (Å²) in [4.78, 5) is 41.0. The molecule has 3 amide bonds. The van der Waals surface area contributed by atoms with Crippen molar-refractivity contribution in [3.63, 3.8) is 0 Å². The van der Waals surface area contributed by atoms with Gasteiger partial charge in [0.1, 0.15) is 6.04 Å². The van der Waals surface area contributed by atoms with Gasteiger partial charge in [-0.1, -0.05) is 12.1 Å². The first-order valence-electron chi connectivity index (χ1n) is 11.8. The van der Waals surface area contributed by atoms with Crippen molar-refractivity contribution in [2.45, 2.75) is 69.8 Å². The van der Waals surface area contributed by atoms with Crippen LogP contribution >= 0.6 is 0 Å². The minimum atomic E-state index is -0.576. The molecule has 1 aromatic carbocycles. The largest absolute Gasteiger partial charge is 0.378 e. The van der Waals surface area contributed by atoms with Crippen molar-refractivity contribution >= 4 is 17.7 Å². The Morgan fingerprint density at radius 3 is 2.84 bits per heavy atom. The third-order valence-electron chi connectivity index (χ3n) is 7.50. The van der Waals surface area contributed by atoms with Crippen molar-refractivity contribution in [3.05, 3.63) is 34.9 Å². The summed E-state index contributed by atoms with van der Waals surface area (Å²) in [5.74, 6) is -0.252. The highest BCUT2D eigenvalue weighted by Gasteiger charge is 2.40. The van der Waals surface area contributed by atoms with E-state index in [9.17, 15) is 14.4 Å². The van der Waals surface area contributed by atoms with Gasteiger partial charge in [0.25, 0.3) is 5.91 Å². The molecule has 172 valence electrons. The van der Waals surface area contributed by atoms with E-state index in [1.54, 1.807) is 4.90 Å². The monoisotopic (exact) mass is 440 g/mol. The average molecular weight is 441 g/mol. The molecule has 3 saturated heterocycles. The molecular weight excluding hydrogens is 408 g/mol. The summed E-state index contributed by atoms with van der Waals surface area (Å²) in [5.41, 5.74) is 9.02. The van der Waals surface area contributed by atoms with Crippen LogP contribution in [0.1, 0.15) is 60.0 Å². The molecule has 32 heavy (non-hydrogen) atoms. The Kier molecular flexibility index (Phi) is 6.01. The standard InChI is InChI=1S/C24H32N4O4/c25-17-8-10-32-21(11-17)16-4-2-9-27(13-16)12-15-3-1-5-18-19(15)14-28(24(18)31)20-6-7-22(29)26-23(20)30/h1,3,5,16-17,20-21H,2,4,6-14,25H2,(H,26,29,30). The number of ether oxygens (including phenoxy) is 1. The number of carbonyl (C=O) groups is 3. The van der Waals surface area contributed by atoms with Gasteiger partial charge in [0, 0.05) is 44.3 Å². The van der Waals surface area contributed by atoms with Crippen molar-refractivity contribution in [1.82, 2.24) is 15.1 Å². The molecule has 0 bridgehead atoms. The molecule has 0 radical (unpaired) electrons. The molecular formula is C24H32N4O4. The number of piperidine rings is 2. The first kappa shape index (κ1) is 21.6. The molecule has 0 aliphatic carbocycles. The lowest BCUT2D eigenvalue weighted by molar-refractivity contribution is -0.136. The number of rotatable bonds is 4. The maximum absolute atomic E-state index is 13.1. The second-order valence-corrected chi connectivity index (χ2v) is 9.67. The molecule has 4 aliphatic heterocycles. The summed E-state index contributed by atoms with van der Waals surface area (Å²) < 4.78 is 6.05. The minimum Gasteiger partial charge on any atom is -0.378 e. The number of likely N-dealkylation sites (tertiary alicyclic amines) is 1. The Hall–Kier alpha value is -2.29. The molecule has 4 heterocycles. The topological polar surface area (TPSA) is 105 Å². The third-order valence-corrected chi connectivity index (χ3v) is 7.50. The van der Waals surface area contributed by atoms with Crippen LogP contribution in [0.5, 0.6) is 0 Å². The van der Waals surface area contributed by atoms with Gasteiger partial charge in [-0.05, 0) is 61.8 Å². The van der Waals surface area contributed by atoms with Gasteiger partial charge in [-0.2, -0.15) is 0 Å². The molecule has 0 saturated carbocycles. The number of hydrogen-bond acceptors (Lipinski definition) is 6. The quantitative estimate of drug-likeness (QED) is 0.681. The Morgan fingerprint density at radius 2 is 2.03 bits per heavy atom. The highest BCUT2D eigenvalue weighted by molar-refractivity contribution is 6.05. The fourth-order valence-electron chi connectivity index (χ4n) is 5.76. The lowest BCUT2D eigenvalue weighted by atomic mass is 9.87. The van der Waals surface area contributed by atoms with Crippen molar-refractivity contribution < 1.29 is 19.1 Å². The third kappa shape index (κ3) is 4.19. The van der Waals surface area contributed by atoms with E-state index in [2.05, 4.69) is 16.3 Å². The predicted molar refractivity (Wildman–Crippen MR) is 117 cm³/mol. The van der Waals surface area contributed by atoms with E-state index in [0.29, 0.717) is 24.4 Å². The average Bonchev–Trinajstić information content (AvgIpc) is 3.11. The molecule has 5 rings (SSSR count). The van der Waals surface area contributed by atoms with Gasteiger partial charge in [0.2, 0.25) is 11.8 Å². The van der Waals surface area contributed by atoms with E-state index >= 15 is 0 Å². The lowest BCUT2D eigenvalue weighted by Crippen LogP contribution is -2.52. The van der Waals surface area contributed by atoms with Crippen molar-refractivity contribution in [3.8, 4) is 0 Å². The molecule has 3 N–H and O–H groups in total. The minimum absolute atomic E-state index is 0.113. The molecule has 0 aromatic heterocycles. The van der Waals surface area contributed by atoms with Crippen LogP contribution in [0.2, 0.25) is 0 Å². The van der Waals surface area contributed by atoms with Gasteiger partial charge in [0.15, 0.2) is 0 Å². The highest BCUT2D eigenvalue weighted by atomic mass is 16.5. The molecule has 8 nitrogen and oxygen atoms in total. The Balaban J connectivity index is 1.28. The van der Waals surface area contributed by atoms with Crippen LogP contribution in [0.3, 0.4) is 0 Å². The zero-order valence-corrected chi connectivity index (χ0v) is 18.4. The van der Waals surface area contributed by atoms with Gasteiger partial charge in [-0.15, -0.1) is 0 Å². The van der Waals surface area contributed by atoms with Gasteiger partial charge in [0.05, 0.1) is 6.10 Å². The van der Waals surface area contributed by atoms with Gasteiger partial charge >= 0.3 is 0 Å². The Morgan fingerprint density at radius 1 is 1.16 bits per heavy atom. The number of nitrogens with two attached hydrogens (primary N) is 1. The molecule has 0 spiro atoms. The number of nitrogens with zero attached hydrogens (tertiary/aromatic N) is 2. The van der Waals surface area contributed by atoms with Gasteiger partial charge in [-0.3, -0.25) is 24.6 Å². The summed E-state index contributed by atoms with van der Waals surface area (Å²) in [5, 5.41) is 2.37. The van der Waals surface area contributed by atoms with E-state index < -0.39 is 6.04 Å². The van der Waals surface area contributed by atoms with Crippen molar-refractivity contribution in [1.29, 1.82) is 0 Å². The first-order valence-corrected chi connectivity index (χ1v) is 11.8. The number of carbonyl (C=O) groups excluding carboxylic acids is 3. The molecule has 8 heteroatoms. The summed E-state index contributed by atoms with van der Waals surface area (Å²) >= 11 is 0. The second-order valence-electron chi connectivity index (χ2n) is 9.67. The smallest absolute Gasteiger partial charge is 0.255 e. The molecule has 1 aromatic rings. The van der Waals surface area contributed by atoms with Crippen LogP contribution in [-0.2, 0) is 27.4 Å². The fourth-order valence-corrected chi connectivity index (χ4v) is 5.76. The molecule has 4 unspecified atom stereocenters. The summed E-state index contributed by atoms with van der Waals surface area (Å²) in [6.07, 6.45) is 5.09. The van der Waals surface area contributed by atoms with Crippen LogP contribution in [0.15, 0.2) is 18.2 Å².